The summed E-state index contributed by atoms with van der Waals surface area (Å²) in [5.41, 5.74) is 1.95. The molecule has 0 bridgehead atoms. The van der Waals surface area contributed by atoms with Crippen molar-refractivity contribution in [3.63, 3.8) is 0 Å². The van der Waals surface area contributed by atoms with Crippen molar-refractivity contribution >= 4 is 17.7 Å². The number of hydrogen-bond acceptors (Lipinski definition) is 4. The number of carbonyl (C=O) groups is 1. The number of likely N-dealkylation sites (tertiary alicyclic amines) is 1. The van der Waals surface area contributed by atoms with Gasteiger partial charge in [-0.25, -0.2) is 4.79 Å². The van der Waals surface area contributed by atoms with Gasteiger partial charge in [0.2, 0.25) is 0 Å². The second-order valence-electron chi connectivity index (χ2n) is 7.02. The summed E-state index contributed by atoms with van der Waals surface area (Å²) in [4.78, 5) is 12.6. The van der Waals surface area contributed by atoms with Crippen molar-refractivity contribution in [2.45, 2.75) is 24.9 Å². The van der Waals surface area contributed by atoms with Gasteiger partial charge in [-0.2, -0.15) is 0 Å². The number of carboxylic acid groups (broad SMARTS) is 1. The van der Waals surface area contributed by atoms with Gasteiger partial charge in [0.15, 0.2) is 17.6 Å². The maximum atomic E-state index is 11.2. The number of amides is 1. The Labute approximate surface area is 168 Å². The van der Waals surface area contributed by atoms with Gasteiger partial charge in [0.05, 0.1) is 7.11 Å². The van der Waals surface area contributed by atoms with E-state index in [-0.39, 0.29) is 12.0 Å². The fraction of sp³-hybridized carbons (Fsp3) is 0.381. The van der Waals surface area contributed by atoms with Crippen LogP contribution < -0.4 is 14.2 Å². The van der Waals surface area contributed by atoms with Gasteiger partial charge >= 0.3 is 6.09 Å². The third-order valence-electron chi connectivity index (χ3n) is 5.41. The predicted molar refractivity (Wildman–Crippen MR) is 105 cm³/mol. The first kappa shape index (κ1) is 18.7. The Hall–Kier alpha value is -2.60. The molecular formula is C21H22ClNO5. The first-order chi connectivity index (χ1) is 13.6. The molecule has 1 atom stereocenters. The Kier molecular flexibility index (Phi) is 5.22. The van der Waals surface area contributed by atoms with Crippen LogP contribution in [0.3, 0.4) is 0 Å². The van der Waals surface area contributed by atoms with E-state index in [1.54, 1.807) is 13.2 Å². The zero-order valence-electron chi connectivity index (χ0n) is 15.6. The molecule has 2 aromatic carbocycles. The van der Waals surface area contributed by atoms with Gasteiger partial charge < -0.3 is 24.2 Å². The summed E-state index contributed by atoms with van der Waals surface area (Å²) in [7, 11) is 1.61. The Balaban J connectivity index is 1.60. The lowest BCUT2D eigenvalue weighted by Gasteiger charge is -2.34. The van der Waals surface area contributed by atoms with E-state index >= 15 is 0 Å². The van der Waals surface area contributed by atoms with Crippen LogP contribution in [0.1, 0.15) is 36.0 Å². The number of piperidine rings is 1. The molecule has 148 valence electrons. The molecular weight excluding hydrogens is 382 g/mol. The van der Waals surface area contributed by atoms with E-state index in [9.17, 15) is 9.90 Å². The summed E-state index contributed by atoms with van der Waals surface area (Å²) in [5, 5.41) is 9.78. The van der Waals surface area contributed by atoms with E-state index in [1.165, 1.54) is 4.90 Å². The van der Waals surface area contributed by atoms with Crippen LogP contribution in [-0.2, 0) is 0 Å². The molecule has 0 spiro atoms. The lowest BCUT2D eigenvalue weighted by Crippen LogP contribution is -2.37. The van der Waals surface area contributed by atoms with Crippen molar-refractivity contribution < 1.29 is 24.1 Å². The summed E-state index contributed by atoms with van der Waals surface area (Å²) < 4.78 is 17.8. The summed E-state index contributed by atoms with van der Waals surface area (Å²) in [6.45, 7) is 1.43. The van der Waals surface area contributed by atoms with Crippen LogP contribution in [0.4, 0.5) is 4.79 Å². The number of hydrogen-bond donors (Lipinski definition) is 1. The Morgan fingerprint density at radius 1 is 1.21 bits per heavy atom. The van der Waals surface area contributed by atoms with Gasteiger partial charge in [0.25, 0.3) is 0 Å². The average Bonchev–Trinajstić information content (AvgIpc) is 2.73. The molecule has 0 saturated carbocycles. The highest BCUT2D eigenvalue weighted by atomic mass is 35.5. The topological polar surface area (TPSA) is 68.2 Å². The van der Waals surface area contributed by atoms with Crippen LogP contribution in [0.25, 0.3) is 0 Å². The maximum absolute atomic E-state index is 11.2. The molecule has 0 radical (unpaired) electrons. The monoisotopic (exact) mass is 403 g/mol. The van der Waals surface area contributed by atoms with Crippen molar-refractivity contribution in [1.29, 1.82) is 0 Å². The van der Waals surface area contributed by atoms with Crippen molar-refractivity contribution in [2.24, 2.45) is 0 Å². The molecule has 0 aromatic heterocycles. The number of fused-ring (bicyclic) bond motifs is 1. The summed E-state index contributed by atoms with van der Waals surface area (Å²) >= 11 is 6.08. The third-order valence-corrected chi connectivity index (χ3v) is 5.64. The third kappa shape index (κ3) is 3.56. The highest BCUT2D eigenvalue weighted by Crippen LogP contribution is 2.45. The fourth-order valence-corrected chi connectivity index (χ4v) is 4.08. The lowest BCUT2D eigenvalue weighted by atomic mass is 9.88. The first-order valence-corrected chi connectivity index (χ1v) is 9.68. The van der Waals surface area contributed by atoms with E-state index in [0.29, 0.717) is 30.5 Å². The minimum atomic E-state index is -0.858. The van der Waals surface area contributed by atoms with E-state index in [0.717, 1.165) is 35.5 Å². The Bertz CT molecular complexity index is 879. The Morgan fingerprint density at radius 2 is 2.00 bits per heavy atom. The zero-order valence-corrected chi connectivity index (χ0v) is 16.3. The number of benzene rings is 2. The molecule has 2 heterocycles. The van der Waals surface area contributed by atoms with Gasteiger partial charge in [0, 0.05) is 29.2 Å². The number of para-hydroxylation sites is 1. The van der Waals surface area contributed by atoms with E-state index in [4.69, 9.17) is 25.8 Å². The fourth-order valence-electron chi connectivity index (χ4n) is 3.92. The molecule has 2 aliphatic heterocycles. The molecule has 1 amide bonds. The standard InChI is InChI=1S/C21H22ClNO5/c1-26-18-11-14(22)5-6-16(18)19-12-27-17-4-2-3-15(20(17)28-19)13-7-9-23(10-8-13)21(24)25/h2-6,11,13,19H,7-10,12H2,1H3,(H,24,25). The number of methoxy groups -OCH3 is 1. The smallest absolute Gasteiger partial charge is 0.407 e. The van der Waals surface area contributed by atoms with Gasteiger partial charge in [-0.15, -0.1) is 0 Å². The largest absolute Gasteiger partial charge is 0.496 e. The molecule has 0 aliphatic carbocycles. The van der Waals surface area contributed by atoms with Crippen LogP contribution in [-0.4, -0.2) is 42.9 Å². The van der Waals surface area contributed by atoms with E-state index in [1.807, 2.05) is 30.3 Å². The van der Waals surface area contributed by atoms with Crippen LogP contribution in [0.2, 0.25) is 5.02 Å². The zero-order chi connectivity index (χ0) is 19.7. The van der Waals surface area contributed by atoms with Crippen LogP contribution in [0, 0.1) is 0 Å². The maximum Gasteiger partial charge on any atom is 0.407 e. The molecule has 2 aromatic rings. The Morgan fingerprint density at radius 3 is 2.71 bits per heavy atom. The van der Waals surface area contributed by atoms with E-state index in [2.05, 4.69) is 0 Å². The van der Waals surface area contributed by atoms with E-state index < -0.39 is 6.09 Å². The van der Waals surface area contributed by atoms with Crippen molar-refractivity contribution in [2.75, 3.05) is 26.8 Å². The second-order valence-corrected chi connectivity index (χ2v) is 7.46. The summed E-state index contributed by atoms with van der Waals surface area (Å²) in [5.74, 6) is 2.36. The predicted octanol–water partition coefficient (Wildman–Crippen LogP) is 4.72. The minimum Gasteiger partial charge on any atom is -0.496 e. The number of halogens is 1. The molecule has 1 unspecified atom stereocenters. The number of nitrogens with zero attached hydrogens (tertiary/aromatic N) is 1. The highest BCUT2D eigenvalue weighted by molar-refractivity contribution is 6.30. The molecule has 6 nitrogen and oxygen atoms in total. The SMILES string of the molecule is COc1cc(Cl)ccc1C1COc2cccc(C3CCN(C(=O)O)CC3)c2O1. The molecule has 4 rings (SSSR count). The molecule has 2 aliphatic rings. The van der Waals surface area contributed by atoms with Crippen LogP contribution in [0.5, 0.6) is 17.2 Å². The van der Waals surface area contributed by atoms with Gasteiger partial charge in [-0.1, -0.05) is 23.7 Å². The van der Waals surface area contributed by atoms with Gasteiger partial charge in [0.1, 0.15) is 12.4 Å². The first-order valence-electron chi connectivity index (χ1n) is 9.30. The molecule has 1 saturated heterocycles. The van der Waals surface area contributed by atoms with Crippen molar-refractivity contribution in [1.82, 2.24) is 4.90 Å². The summed E-state index contributed by atoms with van der Waals surface area (Å²) in [6.07, 6.45) is 0.366. The van der Waals surface area contributed by atoms with Crippen molar-refractivity contribution in [3.8, 4) is 17.2 Å². The van der Waals surface area contributed by atoms with Crippen LogP contribution >= 0.6 is 11.6 Å². The number of ether oxygens (including phenoxy) is 3. The normalized spacial score (nSPS) is 19.4. The molecule has 7 heteroatoms. The minimum absolute atomic E-state index is 0.236. The summed E-state index contributed by atoms with van der Waals surface area (Å²) in [6, 6.07) is 11.4. The highest BCUT2D eigenvalue weighted by Gasteiger charge is 2.31. The molecule has 1 fully saturated rings. The quantitative estimate of drug-likeness (QED) is 0.803. The molecule has 28 heavy (non-hydrogen) atoms. The van der Waals surface area contributed by atoms with Gasteiger partial charge in [-0.05, 0) is 43.0 Å². The van der Waals surface area contributed by atoms with Crippen molar-refractivity contribution in [3.05, 3.63) is 52.5 Å². The lowest BCUT2D eigenvalue weighted by molar-refractivity contribution is 0.0862. The second kappa shape index (κ2) is 7.80. The number of rotatable bonds is 3. The van der Waals surface area contributed by atoms with Gasteiger partial charge in [-0.3, -0.25) is 0 Å². The van der Waals surface area contributed by atoms with Crippen LogP contribution in [0.15, 0.2) is 36.4 Å². The molecule has 1 N–H and O–H groups in total. The average molecular weight is 404 g/mol.